The van der Waals surface area contributed by atoms with Gasteiger partial charge in [-0.2, -0.15) is 0 Å². The van der Waals surface area contributed by atoms with Crippen LogP contribution >= 0.6 is 45.8 Å². The first-order chi connectivity index (χ1) is 9.99. The maximum Gasteiger partial charge on any atom is 0.333 e. The van der Waals surface area contributed by atoms with Crippen LogP contribution in [0.4, 0.5) is 0 Å². The summed E-state index contributed by atoms with van der Waals surface area (Å²) >= 11 is 14.3. The lowest BCUT2D eigenvalue weighted by Gasteiger charge is -2.09. The summed E-state index contributed by atoms with van der Waals surface area (Å²) in [5.41, 5.74) is -0.375. The predicted molar refractivity (Wildman–Crippen MR) is 92.9 cm³/mol. The molecule has 0 bridgehead atoms. The third-order valence-electron chi connectivity index (χ3n) is 3.03. The molecule has 0 spiro atoms. The van der Waals surface area contributed by atoms with Crippen molar-refractivity contribution >= 4 is 56.7 Å². The van der Waals surface area contributed by atoms with Gasteiger partial charge in [-0.1, -0.05) is 29.3 Å². The second-order valence-electron chi connectivity index (χ2n) is 4.33. The van der Waals surface area contributed by atoms with E-state index in [4.69, 9.17) is 23.2 Å². The monoisotopic (exact) mass is 432 g/mol. The van der Waals surface area contributed by atoms with Crippen LogP contribution in [0.15, 0.2) is 46.0 Å². The number of hydrogen-bond acceptors (Lipinski definition) is 2. The highest BCUT2D eigenvalue weighted by Crippen LogP contribution is 2.22. The lowest BCUT2D eigenvalue weighted by molar-refractivity contribution is 0.901. The Bertz CT molecular complexity index is 979. The van der Waals surface area contributed by atoms with E-state index >= 15 is 0 Å². The number of rotatable bonds is 1. The van der Waals surface area contributed by atoms with Crippen LogP contribution in [0, 0.1) is 3.57 Å². The van der Waals surface area contributed by atoms with Gasteiger partial charge in [0.2, 0.25) is 0 Å². The molecule has 1 aromatic heterocycles. The van der Waals surface area contributed by atoms with E-state index in [1.807, 2.05) is 0 Å². The summed E-state index contributed by atoms with van der Waals surface area (Å²) in [5.74, 6) is 0. The number of aromatic nitrogens is 2. The van der Waals surface area contributed by atoms with Crippen molar-refractivity contribution in [1.82, 2.24) is 9.55 Å². The summed E-state index contributed by atoms with van der Waals surface area (Å²) in [5, 5.41) is 0.982. The first kappa shape index (κ1) is 14.6. The maximum absolute atomic E-state index is 12.6. The fourth-order valence-electron chi connectivity index (χ4n) is 2.09. The molecule has 4 nitrogen and oxygen atoms in total. The minimum atomic E-state index is -0.580. The van der Waals surface area contributed by atoms with Crippen LogP contribution in [0.1, 0.15) is 0 Å². The van der Waals surface area contributed by atoms with Crippen LogP contribution in [0.2, 0.25) is 10.0 Å². The van der Waals surface area contributed by atoms with Gasteiger partial charge in [0.15, 0.2) is 0 Å². The average Bonchev–Trinajstić information content (AvgIpc) is 2.42. The second kappa shape index (κ2) is 5.47. The topological polar surface area (TPSA) is 54.9 Å². The Labute approximate surface area is 142 Å². The van der Waals surface area contributed by atoms with Gasteiger partial charge >= 0.3 is 5.69 Å². The van der Waals surface area contributed by atoms with Crippen LogP contribution in [0.5, 0.6) is 0 Å². The summed E-state index contributed by atoms with van der Waals surface area (Å²) in [6.07, 6.45) is 0. The van der Waals surface area contributed by atoms with Crippen molar-refractivity contribution in [1.29, 1.82) is 0 Å². The molecule has 0 aliphatic carbocycles. The highest BCUT2D eigenvalue weighted by Gasteiger charge is 2.13. The molecule has 0 unspecified atom stereocenters. The number of hydrogen-bond donors (Lipinski definition) is 1. The van der Waals surface area contributed by atoms with Crippen molar-refractivity contribution in [3.8, 4) is 5.69 Å². The summed E-state index contributed by atoms with van der Waals surface area (Å²) in [7, 11) is 0. The van der Waals surface area contributed by atoms with Crippen molar-refractivity contribution in [3.63, 3.8) is 0 Å². The molecular formula is C14H7Cl2IN2O2. The molecule has 3 rings (SSSR count). The minimum absolute atomic E-state index is 0.322. The standard InChI is InChI=1S/C14H7Cl2IN2O2/c15-9-3-1-2-8-12(9)18-14(21)19(13(8)20)11-5-4-7(17)6-10(11)16/h1-6H,(H,18,21). The van der Waals surface area contributed by atoms with Gasteiger partial charge in [-0.15, -0.1) is 0 Å². The fraction of sp³-hybridized carbons (Fsp3) is 0. The smallest absolute Gasteiger partial charge is 0.305 e. The number of fused-ring (bicyclic) bond motifs is 1. The van der Waals surface area contributed by atoms with Crippen molar-refractivity contribution in [2.24, 2.45) is 0 Å². The number of H-pyrrole nitrogens is 1. The van der Waals surface area contributed by atoms with Crippen molar-refractivity contribution in [2.75, 3.05) is 0 Å². The first-order valence-corrected chi connectivity index (χ1v) is 7.71. The fourth-order valence-corrected chi connectivity index (χ4v) is 3.25. The first-order valence-electron chi connectivity index (χ1n) is 5.88. The molecule has 3 aromatic rings. The molecule has 0 fully saturated rings. The van der Waals surface area contributed by atoms with Gasteiger partial charge in [0.05, 0.1) is 26.6 Å². The van der Waals surface area contributed by atoms with Crippen LogP contribution < -0.4 is 11.2 Å². The Hall–Kier alpha value is -1.31. The van der Waals surface area contributed by atoms with Gasteiger partial charge in [-0.05, 0) is 52.9 Å². The lowest BCUT2D eigenvalue weighted by atomic mass is 10.2. The van der Waals surface area contributed by atoms with E-state index in [1.54, 1.807) is 36.4 Å². The Morgan fingerprint density at radius 3 is 2.52 bits per heavy atom. The average molecular weight is 433 g/mol. The van der Waals surface area contributed by atoms with E-state index in [0.717, 1.165) is 8.14 Å². The molecule has 0 aliphatic rings. The predicted octanol–water partition coefficient (Wildman–Crippen LogP) is 3.59. The molecule has 0 amide bonds. The van der Waals surface area contributed by atoms with Crippen LogP contribution in [0.25, 0.3) is 16.6 Å². The van der Waals surface area contributed by atoms with Gasteiger partial charge in [0.25, 0.3) is 5.56 Å². The van der Waals surface area contributed by atoms with Crippen LogP contribution in [-0.2, 0) is 0 Å². The lowest BCUT2D eigenvalue weighted by Crippen LogP contribution is -2.33. The zero-order chi connectivity index (χ0) is 15.1. The zero-order valence-electron chi connectivity index (χ0n) is 10.4. The Kier molecular flexibility index (Phi) is 3.81. The SMILES string of the molecule is O=c1[nH]c2c(Cl)cccc2c(=O)n1-c1ccc(I)cc1Cl. The van der Waals surface area contributed by atoms with Crippen molar-refractivity contribution in [3.05, 3.63) is 70.9 Å². The van der Waals surface area contributed by atoms with Gasteiger partial charge in [-0.3, -0.25) is 4.79 Å². The Morgan fingerprint density at radius 1 is 1.05 bits per heavy atom. The van der Waals surface area contributed by atoms with E-state index < -0.39 is 11.2 Å². The summed E-state index contributed by atoms with van der Waals surface area (Å²) in [4.78, 5) is 27.4. The minimum Gasteiger partial charge on any atom is -0.305 e. The normalized spacial score (nSPS) is 11.0. The summed E-state index contributed by atoms with van der Waals surface area (Å²) < 4.78 is 1.92. The van der Waals surface area contributed by atoms with E-state index in [2.05, 4.69) is 27.6 Å². The van der Waals surface area contributed by atoms with E-state index in [9.17, 15) is 9.59 Å². The highest BCUT2D eigenvalue weighted by atomic mass is 127. The summed E-state index contributed by atoms with van der Waals surface area (Å²) in [6.45, 7) is 0. The number of nitrogens with zero attached hydrogens (tertiary/aromatic N) is 1. The molecule has 0 atom stereocenters. The molecule has 1 heterocycles. The largest absolute Gasteiger partial charge is 0.333 e. The van der Waals surface area contributed by atoms with E-state index in [0.29, 0.717) is 26.6 Å². The maximum atomic E-state index is 12.6. The number of halogens is 3. The van der Waals surface area contributed by atoms with Crippen molar-refractivity contribution < 1.29 is 0 Å². The number of aromatic amines is 1. The molecule has 106 valence electrons. The zero-order valence-corrected chi connectivity index (χ0v) is 14.0. The molecule has 7 heteroatoms. The van der Waals surface area contributed by atoms with Crippen molar-refractivity contribution in [2.45, 2.75) is 0 Å². The molecule has 0 aliphatic heterocycles. The van der Waals surface area contributed by atoms with Gasteiger partial charge in [0, 0.05) is 3.57 Å². The van der Waals surface area contributed by atoms with Gasteiger partial charge in [-0.25, -0.2) is 9.36 Å². The highest BCUT2D eigenvalue weighted by molar-refractivity contribution is 14.1. The molecule has 0 saturated carbocycles. The van der Waals surface area contributed by atoms with Gasteiger partial charge in [0.1, 0.15) is 0 Å². The van der Waals surface area contributed by atoms with Crippen LogP contribution in [0.3, 0.4) is 0 Å². The Morgan fingerprint density at radius 2 is 1.81 bits per heavy atom. The molecular weight excluding hydrogens is 426 g/mol. The molecule has 0 radical (unpaired) electrons. The molecule has 1 N–H and O–H groups in total. The summed E-state index contributed by atoms with van der Waals surface area (Å²) in [6, 6.07) is 9.97. The third kappa shape index (κ3) is 2.49. The van der Waals surface area contributed by atoms with Gasteiger partial charge < -0.3 is 4.98 Å². The third-order valence-corrected chi connectivity index (χ3v) is 4.32. The molecule has 21 heavy (non-hydrogen) atoms. The molecule has 0 saturated heterocycles. The quantitative estimate of drug-likeness (QED) is 0.597. The number of nitrogens with one attached hydrogen (secondary N) is 1. The van der Waals surface area contributed by atoms with Crippen LogP contribution in [-0.4, -0.2) is 9.55 Å². The Balaban J connectivity index is 2.44. The van der Waals surface area contributed by atoms with E-state index in [1.165, 1.54) is 0 Å². The second-order valence-corrected chi connectivity index (χ2v) is 6.39. The number of para-hydroxylation sites is 1. The van der Waals surface area contributed by atoms with E-state index in [-0.39, 0.29) is 0 Å². The number of benzene rings is 2. The molecule has 2 aromatic carbocycles.